The smallest absolute Gasteiger partial charge is 0.0713 e. The van der Waals surface area contributed by atoms with Crippen LogP contribution in [0.3, 0.4) is 0 Å². The third kappa shape index (κ3) is 3.03. The van der Waals surface area contributed by atoms with Gasteiger partial charge in [0.2, 0.25) is 0 Å². The number of nitrogens with one attached hydrogen (secondary N) is 1. The van der Waals surface area contributed by atoms with Crippen molar-refractivity contribution in [1.82, 2.24) is 0 Å². The highest BCUT2D eigenvalue weighted by atomic mass is 14.9. The molecular weight excluding hydrogens is 434 g/mol. The van der Waals surface area contributed by atoms with E-state index >= 15 is 0 Å². The summed E-state index contributed by atoms with van der Waals surface area (Å²) < 4.78 is 0. The second-order valence-corrected chi connectivity index (χ2v) is 9.44. The van der Waals surface area contributed by atoms with Crippen molar-refractivity contribution in [3.05, 3.63) is 168 Å². The molecule has 0 heterocycles. The zero-order valence-corrected chi connectivity index (χ0v) is 19.9. The molecule has 6 aromatic rings. The lowest BCUT2D eigenvalue weighted by Gasteiger charge is -2.34. The minimum absolute atomic E-state index is 0.355. The van der Waals surface area contributed by atoms with Gasteiger partial charge in [-0.05, 0) is 57.0 Å². The van der Waals surface area contributed by atoms with Crippen LogP contribution in [0.25, 0.3) is 21.9 Å². The zero-order valence-electron chi connectivity index (χ0n) is 19.9. The number of hydrogen-bond acceptors (Lipinski definition) is 1. The molecule has 0 fully saturated rings. The predicted octanol–water partition coefficient (Wildman–Crippen LogP) is 8.95. The predicted molar refractivity (Wildman–Crippen MR) is 151 cm³/mol. The number of hydrogen-bond donors (Lipinski definition) is 1. The van der Waals surface area contributed by atoms with E-state index < -0.39 is 0 Å². The molecule has 170 valence electrons. The van der Waals surface area contributed by atoms with Gasteiger partial charge in [-0.25, -0.2) is 0 Å². The van der Waals surface area contributed by atoms with Crippen LogP contribution in [-0.4, -0.2) is 0 Å². The van der Waals surface area contributed by atoms with Gasteiger partial charge in [0.1, 0.15) is 0 Å². The zero-order chi connectivity index (χ0) is 24.0. The first kappa shape index (κ1) is 20.7. The Morgan fingerprint density at radius 3 is 1.69 bits per heavy atom. The Kier molecular flexibility index (Phi) is 4.75. The van der Waals surface area contributed by atoms with Crippen LogP contribution >= 0.6 is 0 Å². The van der Waals surface area contributed by atoms with Crippen molar-refractivity contribution in [2.45, 2.75) is 5.41 Å². The van der Waals surface area contributed by atoms with Crippen LogP contribution in [0, 0.1) is 0 Å². The summed E-state index contributed by atoms with van der Waals surface area (Å²) in [5.74, 6) is 0. The molecule has 0 radical (unpaired) electrons. The second kappa shape index (κ2) is 8.25. The summed E-state index contributed by atoms with van der Waals surface area (Å²) in [7, 11) is 0. The lowest BCUT2D eigenvalue weighted by molar-refractivity contribution is 0.768. The van der Waals surface area contributed by atoms with Gasteiger partial charge in [0.05, 0.1) is 5.41 Å². The largest absolute Gasteiger partial charge is 0.355 e. The van der Waals surface area contributed by atoms with Crippen molar-refractivity contribution < 1.29 is 0 Å². The molecule has 0 unspecified atom stereocenters. The number of fused-ring (bicyclic) bond motifs is 4. The average Bonchev–Trinajstić information content (AvgIpc) is 3.26. The van der Waals surface area contributed by atoms with Crippen LogP contribution in [0.1, 0.15) is 22.3 Å². The normalized spacial score (nSPS) is 13.2. The fourth-order valence-corrected chi connectivity index (χ4v) is 6.01. The molecule has 0 saturated heterocycles. The van der Waals surface area contributed by atoms with Gasteiger partial charge in [-0.15, -0.1) is 0 Å². The molecular formula is C35H25N. The Morgan fingerprint density at radius 1 is 0.417 bits per heavy atom. The standard InChI is InChI=1S/C35H25N/c1-2-13-26(14-3-1)35(32-18-8-6-16-30(32)31-17-7-9-19-33(31)35)27-21-23-28(24-22-27)36-34-20-10-12-25-11-4-5-15-29(25)34/h1-24,36H. The maximum absolute atomic E-state index is 3.66. The van der Waals surface area contributed by atoms with E-state index in [2.05, 4.69) is 151 Å². The third-order valence-corrected chi connectivity index (χ3v) is 7.55. The molecule has 7 rings (SSSR count). The lowest BCUT2D eigenvalue weighted by atomic mass is 9.68. The van der Waals surface area contributed by atoms with Gasteiger partial charge in [0.25, 0.3) is 0 Å². The van der Waals surface area contributed by atoms with Crippen molar-refractivity contribution in [3.63, 3.8) is 0 Å². The van der Waals surface area contributed by atoms with E-state index in [4.69, 9.17) is 0 Å². The number of benzene rings is 6. The van der Waals surface area contributed by atoms with E-state index in [1.165, 1.54) is 44.2 Å². The van der Waals surface area contributed by atoms with E-state index in [0.717, 1.165) is 11.4 Å². The summed E-state index contributed by atoms with van der Waals surface area (Å²) >= 11 is 0. The van der Waals surface area contributed by atoms with Crippen molar-refractivity contribution in [2.75, 3.05) is 5.32 Å². The van der Waals surface area contributed by atoms with E-state index in [-0.39, 0.29) is 5.41 Å². The Morgan fingerprint density at radius 2 is 0.972 bits per heavy atom. The number of anilines is 2. The number of rotatable bonds is 4. The fourth-order valence-electron chi connectivity index (χ4n) is 6.01. The van der Waals surface area contributed by atoms with Crippen molar-refractivity contribution in [2.24, 2.45) is 0 Å². The molecule has 0 aliphatic heterocycles. The molecule has 0 spiro atoms. The topological polar surface area (TPSA) is 12.0 Å². The highest BCUT2D eigenvalue weighted by Gasteiger charge is 2.45. The summed E-state index contributed by atoms with van der Waals surface area (Å²) in [4.78, 5) is 0. The van der Waals surface area contributed by atoms with Crippen LogP contribution < -0.4 is 5.32 Å². The summed E-state index contributed by atoms with van der Waals surface area (Å²) in [6.45, 7) is 0. The Hall–Kier alpha value is -4.62. The molecule has 1 nitrogen and oxygen atoms in total. The fraction of sp³-hybridized carbons (Fsp3) is 0.0286. The summed E-state index contributed by atoms with van der Waals surface area (Å²) in [5, 5.41) is 6.12. The molecule has 36 heavy (non-hydrogen) atoms. The van der Waals surface area contributed by atoms with Crippen LogP contribution in [0.5, 0.6) is 0 Å². The second-order valence-electron chi connectivity index (χ2n) is 9.44. The Labute approximate surface area is 211 Å². The van der Waals surface area contributed by atoms with Gasteiger partial charge in [-0.2, -0.15) is 0 Å². The maximum atomic E-state index is 3.66. The molecule has 1 heteroatoms. The van der Waals surface area contributed by atoms with Crippen LogP contribution in [0.2, 0.25) is 0 Å². The molecule has 0 bridgehead atoms. The Balaban J connectivity index is 1.39. The van der Waals surface area contributed by atoms with Crippen LogP contribution in [0.15, 0.2) is 146 Å². The molecule has 6 aromatic carbocycles. The first-order valence-electron chi connectivity index (χ1n) is 12.5. The van der Waals surface area contributed by atoms with E-state index in [0.29, 0.717) is 0 Å². The van der Waals surface area contributed by atoms with Crippen LogP contribution in [0.4, 0.5) is 11.4 Å². The average molecular weight is 460 g/mol. The van der Waals surface area contributed by atoms with Gasteiger partial charge in [0.15, 0.2) is 0 Å². The Bertz CT molecular complexity index is 1650. The van der Waals surface area contributed by atoms with Gasteiger partial charge < -0.3 is 5.32 Å². The maximum Gasteiger partial charge on any atom is 0.0713 e. The lowest BCUT2D eigenvalue weighted by Crippen LogP contribution is -2.28. The molecule has 1 N–H and O–H groups in total. The van der Waals surface area contributed by atoms with Crippen LogP contribution in [-0.2, 0) is 5.41 Å². The van der Waals surface area contributed by atoms with Gasteiger partial charge in [-0.1, -0.05) is 127 Å². The van der Waals surface area contributed by atoms with Crippen molar-refractivity contribution in [1.29, 1.82) is 0 Å². The highest BCUT2D eigenvalue weighted by Crippen LogP contribution is 2.55. The molecule has 0 amide bonds. The summed E-state index contributed by atoms with van der Waals surface area (Å²) in [6.07, 6.45) is 0. The van der Waals surface area contributed by atoms with Gasteiger partial charge in [0, 0.05) is 16.8 Å². The minimum atomic E-state index is -0.355. The molecule has 0 aromatic heterocycles. The van der Waals surface area contributed by atoms with E-state index in [1.54, 1.807) is 0 Å². The van der Waals surface area contributed by atoms with Gasteiger partial charge in [-0.3, -0.25) is 0 Å². The molecule has 1 aliphatic rings. The molecule has 0 atom stereocenters. The van der Waals surface area contributed by atoms with Gasteiger partial charge >= 0.3 is 0 Å². The van der Waals surface area contributed by atoms with Crippen molar-refractivity contribution in [3.8, 4) is 11.1 Å². The summed E-state index contributed by atoms with van der Waals surface area (Å²) in [5.41, 5.74) is 9.72. The first-order chi connectivity index (χ1) is 17.9. The molecule has 1 aliphatic carbocycles. The summed E-state index contributed by atoms with van der Waals surface area (Å²) in [6, 6.07) is 52.6. The third-order valence-electron chi connectivity index (χ3n) is 7.55. The SMILES string of the molecule is c1ccc(C2(c3ccc(Nc4cccc5ccccc45)cc3)c3ccccc3-c3ccccc32)cc1. The molecule has 0 saturated carbocycles. The first-order valence-corrected chi connectivity index (χ1v) is 12.5. The van der Waals surface area contributed by atoms with E-state index in [1.807, 2.05) is 0 Å². The highest BCUT2D eigenvalue weighted by molar-refractivity contribution is 5.95. The van der Waals surface area contributed by atoms with Crippen molar-refractivity contribution >= 4 is 22.1 Å². The van der Waals surface area contributed by atoms with E-state index in [9.17, 15) is 0 Å². The minimum Gasteiger partial charge on any atom is -0.355 e. The quantitative estimate of drug-likeness (QED) is 0.277. The monoisotopic (exact) mass is 459 g/mol.